The highest BCUT2D eigenvalue weighted by Crippen LogP contribution is 2.06. The van der Waals surface area contributed by atoms with Crippen LogP contribution in [0.2, 0.25) is 0 Å². The lowest BCUT2D eigenvalue weighted by Gasteiger charge is -2.01. The van der Waals surface area contributed by atoms with Crippen molar-refractivity contribution in [3.05, 3.63) is 86.7 Å². The topological polar surface area (TPSA) is 83.6 Å². The first-order valence-corrected chi connectivity index (χ1v) is 6.65. The molecule has 0 atom stereocenters. The number of hydrogen-bond donors (Lipinski definition) is 1. The Morgan fingerprint density at radius 2 is 1.82 bits per heavy atom. The van der Waals surface area contributed by atoms with Crippen LogP contribution in [0.25, 0.3) is 5.69 Å². The standard InChI is InChI=1S/C16H12N4O2/c17-10-13-7-4-8-14(9-13)20-16(22)19(15(21)18-20)11-12-5-2-1-3-6-12/h1-9H,11H2,(H,18,21). The Balaban J connectivity index is 2.06. The Morgan fingerprint density at radius 1 is 1.05 bits per heavy atom. The molecule has 0 bridgehead atoms. The molecule has 0 amide bonds. The third-order valence-corrected chi connectivity index (χ3v) is 3.29. The summed E-state index contributed by atoms with van der Waals surface area (Å²) in [7, 11) is 0. The number of rotatable bonds is 3. The summed E-state index contributed by atoms with van der Waals surface area (Å²) < 4.78 is 2.26. The molecule has 108 valence electrons. The first-order valence-electron chi connectivity index (χ1n) is 6.65. The summed E-state index contributed by atoms with van der Waals surface area (Å²) in [6, 6.07) is 17.8. The van der Waals surface area contributed by atoms with Crippen LogP contribution in [0.3, 0.4) is 0 Å². The van der Waals surface area contributed by atoms with Gasteiger partial charge in [0, 0.05) is 0 Å². The number of nitriles is 1. The van der Waals surface area contributed by atoms with Crippen LogP contribution in [-0.2, 0) is 6.54 Å². The van der Waals surface area contributed by atoms with Crippen LogP contribution in [0.5, 0.6) is 0 Å². The highest BCUT2D eigenvalue weighted by molar-refractivity contribution is 5.40. The van der Waals surface area contributed by atoms with E-state index in [1.165, 1.54) is 0 Å². The number of benzene rings is 2. The molecular weight excluding hydrogens is 280 g/mol. The Labute approximate surface area is 125 Å². The molecule has 1 heterocycles. The number of nitrogens with zero attached hydrogens (tertiary/aromatic N) is 3. The van der Waals surface area contributed by atoms with Crippen LogP contribution in [0, 0.1) is 11.3 Å². The quantitative estimate of drug-likeness (QED) is 0.788. The van der Waals surface area contributed by atoms with Gasteiger partial charge >= 0.3 is 11.4 Å². The third-order valence-electron chi connectivity index (χ3n) is 3.29. The van der Waals surface area contributed by atoms with Gasteiger partial charge in [-0.25, -0.2) is 23.9 Å². The highest BCUT2D eigenvalue weighted by Gasteiger charge is 2.11. The largest absolute Gasteiger partial charge is 0.352 e. The van der Waals surface area contributed by atoms with Crippen LogP contribution in [0.1, 0.15) is 11.1 Å². The van der Waals surface area contributed by atoms with E-state index < -0.39 is 11.4 Å². The molecule has 0 saturated carbocycles. The second kappa shape index (κ2) is 5.58. The fourth-order valence-electron chi connectivity index (χ4n) is 2.21. The van der Waals surface area contributed by atoms with Crippen LogP contribution in [-0.4, -0.2) is 14.3 Å². The summed E-state index contributed by atoms with van der Waals surface area (Å²) in [6.45, 7) is 0.194. The number of nitrogens with one attached hydrogen (secondary N) is 1. The summed E-state index contributed by atoms with van der Waals surface area (Å²) >= 11 is 0. The molecule has 3 aromatic rings. The lowest BCUT2D eigenvalue weighted by molar-refractivity contribution is 0.723. The molecule has 3 rings (SSSR count). The molecule has 0 aliphatic rings. The maximum atomic E-state index is 12.4. The van der Waals surface area contributed by atoms with Crippen molar-refractivity contribution in [2.75, 3.05) is 0 Å². The molecule has 0 unspecified atom stereocenters. The molecule has 22 heavy (non-hydrogen) atoms. The van der Waals surface area contributed by atoms with Crippen molar-refractivity contribution in [1.82, 2.24) is 14.3 Å². The van der Waals surface area contributed by atoms with Crippen molar-refractivity contribution >= 4 is 0 Å². The molecule has 0 radical (unpaired) electrons. The average molecular weight is 292 g/mol. The van der Waals surface area contributed by atoms with Gasteiger partial charge in [0.05, 0.1) is 23.9 Å². The molecule has 1 aromatic heterocycles. The molecule has 6 nitrogen and oxygen atoms in total. The van der Waals surface area contributed by atoms with Crippen molar-refractivity contribution in [2.24, 2.45) is 0 Å². The number of H-pyrrole nitrogens is 1. The van der Waals surface area contributed by atoms with E-state index >= 15 is 0 Å². The Hall–Kier alpha value is -3.33. The molecule has 0 aliphatic heterocycles. The van der Waals surface area contributed by atoms with Crippen molar-refractivity contribution in [3.8, 4) is 11.8 Å². The second-order valence-corrected chi connectivity index (χ2v) is 4.77. The molecule has 0 fully saturated rings. The zero-order valence-corrected chi connectivity index (χ0v) is 11.6. The summed E-state index contributed by atoms with van der Waals surface area (Å²) in [5.74, 6) is 0. The number of hydrogen-bond acceptors (Lipinski definition) is 3. The van der Waals surface area contributed by atoms with Crippen molar-refractivity contribution in [2.45, 2.75) is 6.54 Å². The van der Waals surface area contributed by atoms with Gasteiger partial charge < -0.3 is 0 Å². The van der Waals surface area contributed by atoms with E-state index in [0.29, 0.717) is 11.3 Å². The van der Waals surface area contributed by atoms with Gasteiger partial charge in [-0.3, -0.25) is 0 Å². The maximum absolute atomic E-state index is 12.4. The van der Waals surface area contributed by atoms with E-state index in [1.807, 2.05) is 36.4 Å². The minimum absolute atomic E-state index is 0.194. The fraction of sp³-hybridized carbons (Fsp3) is 0.0625. The molecule has 6 heteroatoms. The molecule has 0 spiro atoms. The van der Waals surface area contributed by atoms with Crippen molar-refractivity contribution in [1.29, 1.82) is 5.26 Å². The number of aromatic nitrogens is 3. The van der Waals surface area contributed by atoms with Gasteiger partial charge in [-0.05, 0) is 23.8 Å². The highest BCUT2D eigenvalue weighted by atomic mass is 16.2. The van der Waals surface area contributed by atoms with E-state index in [0.717, 1.165) is 14.8 Å². The Morgan fingerprint density at radius 3 is 2.55 bits per heavy atom. The fourth-order valence-corrected chi connectivity index (χ4v) is 2.21. The minimum atomic E-state index is -0.490. The smallest absolute Gasteiger partial charge is 0.246 e. The third kappa shape index (κ3) is 2.47. The first kappa shape index (κ1) is 13.6. The van der Waals surface area contributed by atoms with E-state index in [9.17, 15) is 9.59 Å². The van der Waals surface area contributed by atoms with Crippen LogP contribution in [0.15, 0.2) is 64.2 Å². The minimum Gasteiger partial charge on any atom is -0.246 e. The zero-order chi connectivity index (χ0) is 15.5. The SMILES string of the molecule is N#Cc1cccc(-n2[nH]c(=O)n(Cc3ccccc3)c2=O)c1. The molecule has 0 saturated heterocycles. The maximum Gasteiger partial charge on any atom is 0.352 e. The summed E-state index contributed by atoms with van der Waals surface area (Å²) in [5.41, 5.74) is 0.771. The van der Waals surface area contributed by atoms with Crippen molar-refractivity contribution in [3.63, 3.8) is 0 Å². The molecular formula is C16H12N4O2. The van der Waals surface area contributed by atoms with Gasteiger partial charge in [0.1, 0.15) is 0 Å². The van der Waals surface area contributed by atoms with E-state index in [-0.39, 0.29) is 6.54 Å². The lowest BCUT2D eigenvalue weighted by Crippen LogP contribution is -2.28. The Bertz CT molecular complexity index is 958. The summed E-state index contributed by atoms with van der Waals surface area (Å²) in [5, 5.41) is 11.4. The van der Waals surface area contributed by atoms with Gasteiger partial charge in [0.15, 0.2) is 0 Å². The molecule has 0 aliphatic carbocycles. The van der Waals surface area contributed by atoms with E-state index in [4.69, 9.17) is 5.26 Å². The van der Waals surface area contributed by atoms with E-state index in [1.54, 1.807) is 24.3 Å². The normalized spacial score (nSPS) is 10.3. The van der Waals surface area contributed by atoms with Gasteiger partial charge in [-0.2, -0.15) is 5.26 Å². The summed E-state index contributed by atoms with van der Waals surface area (Å²) in [6.07, 6.45) is 0. The van der Waals surface area contributed by atoms with Gasteiger partial charge in [-0.15, -0.1) is 0 Å². The van der Waals surface area contributed by atoms with Crippen LogP contribution < -0.4 is 11.4 Å². The van der Waals surface area contributed by atoms with Gasteiger partial charge in [0.2, 0.25) is 0 Å². The van der Waals surface area contributed by atoms with Crippen LogP contribution in [0.4, 0.5) is 0 Å². The zero-order valence-electron chi connectivity index (χ0n) is 11.6. The lowest BCUT2D eigenvalue weighted by atomic mass is 10.2. The first-order chi connectivity index (χ1) is 10.7. The molecule has 2 aromatic carbocycles. The van der Waals surface area contributed by atoms with Gasteiger partial charge in [-0.1, -0.05) is 36.4 Å². The second-order valence-electron chi connectivity index (χ2n) is 4.77. The Kier molecular flexibility index (Phi) is 3.46. The molecule has 1 N–H and O–H groups in total. The monoisotopic (exact) mass is 292 g/mol. The van der Waals surface area contributed by atoms with E-state index in [2.05, 4.69) is 5.10 Å². The van der Waals surface area contributed by atoms with Gasteiger partial charge in [0.25, 0.3) is 0 Å². The predicted molar refractivity (Wildman–Crippen MR) is 80.9 cm³/mol. The van der Waals surface area contributed by atoms with Crippen LogP contribution >= 0.6 is 0 Å². The number of aromatic amines is 1. The van der Waals surface area contributed by atoms with Crippen molar-refractivity contribution < 1.29 is 0 Å². The predicted octanol–water partition coefficient (Wildman–Crippen LogP) is 1.25. The summed E-state index contributed by atoms with van der Waals surface area (Å²) in [4.78, 5) is 24.4. The average Bonchev–Trinajstić information content (AvgIpc) is 2.84.